The van der Waals surface area contributed by atoms with Gasteiger partial charge in [0.05, 0.1) is 29.0 Å². The highest BCUT2D eigenvalue weighted by Gasteiger charge is 2.45. The number of aromatic nitrogens is 2. The summed E-state index contributed by atoms with van der Waals surface area (Å²) in [5.41, 5.74) is 3.75. The quantitative estimate of drug-likeness (QED) is 0.334. The zero-order valence-electron chi connectivity index (χ0n) is 20.8. The molecule has 0 aliphatic carbocycles. The summed E-state index contributed by atoms with van der Waals surface area (Å²) >= 11 is 0. The third kappa shape index (κ3) is 3.15. The van der Waals surface area contributed by atoms with E-state index in [9.17, 15) is 14.7 Å². The molecule has 2 N–H and O–H groups in total. The number of anilines is 1. The number of nitrogens with one attached hydrogen (secondary N) is 1. The summed E-state index contributed by atoms with van der Waals surface area (Å²) in [5.74, 6) is -0.721. The number of carbonyl (C=O) groups excluding carboxylic acids is 1. The monoisotopic (exact) mass is 503 g/mol. The predicted octanol–water partition coefficient (Wildman–Crippen LogP) is 4.84. The molecular weight excluding hydrogens is 478 g/mol. The fourth-order valence-electron chi connectivity index (χ4n) is 5.88. The number of benzene rings is 3. The van der Waals surface area contributed by atoms with E-state index in [0.717, 1.165) is 38.5 Å². The lowest BCUT2D eigenvalue weighted by Crippen LogP contribution is -2.44. The van der Waals surface area contributed by atoms with Crippen molar-refractivity contribution >= 4 is 33.3 Å². The largest absolute Gasteiger partial charge is 0.458 e. The van der Waals surface area contributed by atoms with Gasteiger partial charge in [0.1, 0.15) is 6.61 Å². The third-order valence-electron chi connectivity index (χ3n) is 7.96. The van der Waals surface area contributed by atoms with Crippen LogP contribution in [0, 0.1) is 0 Å². The molecule has 0 fully saturated rings. The minimum absolute atomic E-state index is 0.111. The second-order valence-electron chi connectivity index (χ2n) is 9.92. The van der Waals surface area contributed by atoms with Gasteiger partial charge in [-0.25, -0.2) is 9.78 Å². The molecule has 2 aliphatic heterocycles. The van der Waals surface area contributed by atoms with E-state index in [0.29, 0.717) is 35.6 Å². The predicted molar refractivity (Wildman–Crippen MR) is 146 cm³/mol. The Bertz CT molecular complexity index is 1850. The smallest absolute Gasteiger partial charge is 0.343 e. The number of ether oxygens (including phenoxy) is 1. The van der Waals surface area contributed by atoms with Gasteiger partial charge in [0.2, 0.25) is 0 Å². The van der Waals surface area contributed by atoms with Gasteiger partial charge in [-0.1, -0.05) is 61.5 Å². The Morgan fingerprint density at radius 1 is 1.00 bits per heavy atom. The first-order chi connectivity index (χ1) is 18.5. The number of hydrogen-bond acceptors (Lipinski definition) is 6. The first-order valence-corrected chi connectivity index (χ1v) is 12.8. The fraction of sp³-hybridized carbons (Fsp3) is 0.194. The minimum atomic E-state index is -1.85. The second-order valence-corrected chi connectivity index (χ2v) is 9.92. The molecule has 0 radical (unpaired) electrons. The fourth-order valence-corrected chi connectivity index (χ4v) is 5.88. The Hall–Kier alpha value is -4.49. The van der Waals surface area contributed by atoms with Gasteiger partial charge in [0, 0.05) is 34.1 Å². The summed E-state index contributed by atoms with van der Waals surface area (Å²) < 4.78 is 6.90. The molecule has 0 spiro atoms. The summed E-state index contributed by atoms with van der Waals surface area (Å²) in [6, 6.07) is 24.2. The Morgan fingerprint density at radius 2 is 1.76 bits per heavy atom. The van der Waals surface area contributed by atoms with Crippen molar-refractivity contribution in [1.82, 2.24) is 9.55 Å². The highest BCUT2D eigenvalue weighted by Crippen LogP contribution is 2.40. The molecule has 0 amide bonds. The summed E-state index contributed by atoms with van der Waals surface area (Å²) in [6.45, 7) is 2.47. The number of carbonyl (C=O) groups is 1. The second kappa shape index (κ2) is 8.26. The summed E-state index contributed by atoms with van der Waals surface area (Å²) in [7, 11) is 0. The number of rotatable bonds is 4. The van der Waals surface area contributed by atoms with E-state index in [2.05, 4.69) is 35.6 Å². The number of hydrogen-bond donors (Lipinski definition) is 2. The average Bonchev–Trinajstić information content (AvgIpc) is 3.32. The van der Waals surface area contributed by atoms with Crippen molar-refractivity contribution in [3.05, 3.63) is 105 Å². The van der Waals surface area contributed by atoms with Crippen LogP contribution in [0.1, 0.15) is 35.6 Å². The van der Waals surface area contributed by atoms with Crippen LogP contribution in [0.2, 0.25) is 0 Å². The number of pyridine rings is 2. The van der Waals surface area contributed by atoms with Crippen LogP contribution in [-0.2, 0) is 34.8 Å². The highest BCUT2D eigenvalue weighted by molar-refractivity contribution is 5.94. The summed E-state index contributed by atoms with van der Waals surface area (Å²) in [6.07, 6.45) is 0.111. The van der Waals surface area contributed by atoms with Crippen molar-refractivity contribution in [2.75, 3.05) is 5.32 Å². The zero-order valence-corrected chi connectivity index (χ0v) is 20.8. The van der Waals surface area contributed by atoms with E-state index in [1.807, 2.05) is 36.4 Å². The van der Waals surface area contributed by atoms with Crippen LogP contribution in [0.3, 0.4) is 0 Å². The van der Waals surface area contributed by atoms with Crippen molar-refractivity contribution in [2.24, 2.45) is 0 Å². The molecule has 0 bridgehead atoms. The van der Waals surface area contributed by atoms with E-state index in [1.54, 1.807) is 17.6 Å². The van der Waals surface area contributed by atoms with Crippen LogP contribution in [0.4, 0.5) is 5.69 Å². The number of esters is 1. The molecule has 2 aromatic heterocycles. The lowest BCUT2D eigenvalue weighted by Gasteiger charge is -2.31. The highest BCUT2D eigenvalue weighted by atomic mass is 16.6. The van der Waals surface area contributed by atoms with Crippen molar-refractivity contribution in [1.29, 1.82) is 0 Å². The molecule has 1 atom stereocenters. The third-order valence-corrected chi connectivity index (χ3v) is 7.96. The van der Waals surface area contributed by atoms with Crippen LogP contribution in [0.25, 0.3) is 33.1 Å². The van der Waals surface area contributed by atoms with Crippen LogP contribution >= 0.6 is 0 Å². The zero-order chi connectivity index (χ0) is 26.0. The molecule has 38 heavy (non-hydrogen) atoms. The van der Waals surface area contributed by atoms with Crippen molar-refractivity contribution in [2.45, 2.75) is 38.6 Å². The normalized spacial score (nSPS) is 17.7. The van der Waals surface area contributed by atoms with E-state index in [1.165, 1.54) is 0 Å². The number of cyclic esters (lactones) is 1. The lowest BCUT2D eigenvalue weighted by atomic mass is 9.86. The molecule has 0 unspecified atom stereocenters. The lowest BCUT2D eigenvalue weighted by molar-refractivity contribution is -0.172. The number of aliphatic hydroxyl groups is 1. The summed E-state index contributed by atoms with van der Waals surface area (Å²) in [5, 5.41) is 18.1. The molecule has 2 aliphatic rings. The van der Waals surface area contributed by atoms with E-state index in [4.69, 9.17) is 9.72 Å². The Morgan fingerprint density at radius 3 is 2.61 bits per heavy atom. The van der Waals surface area contributed by atoms with E-state index < -0.39 is 11.6 Å². The van der Waals surface area contributed by atoms with Gasteiger partial charge in [-0.05, 0) is 35.6 Å². The van der Waals surface area contributed by atoms with Crippen LogP contribution in [0.15, 0.2) is 77.6 Å². The van der Waals surface area contributed by atoms with Crippen molar-refractivity contribution < 1.29 is 14.6 Å². The minimum Gasteiger partial charge on any atom is -0.458 e. The van der Waals surface area contributed by atoms with Crippen molar-refractivity contribution in [3.8, 4) is 11.4 Å². The first kappa shape index (κ1) is 22.7. The number of para-hydroxylation sites is 1. The molecular formula is C31H25N3O4. The van der Waals surface area contributed by atoms with Gasteiger partial charge in [-0.3, -0.25) is 4.79 Å². The Kier molecular flexibility index (Phi) is 4.93. The van der Waals surface area contributed by atoms with Crippen LogP contribution < -0.4 is 10.9 Å². The number of fused-ring (bicyclic) bond motifs is 6. The average molecular weight is 504 g/mol. The van der Waals surface area contributed by atoms with E-state index in [-0.39, 0.29) is 18.6 Å². The standard InChI is InChI=1S/C31H25N3O4/c1-2-31(37)24-14-27-28-22(16-34(27)29(35)23(24)17-38-30(31)36)21(20-11-5-6-12-26(20)33-28)15-32-25-13-7-9-18-8-3-4-10-19(18)25/h3-14,32,37H,2,15-17H2,1H3/t31-/m0/s1. The van der Waals surface area contributed by atoms with Crippen LogP contribution in [0.5, 0.6) is 0 Å². The summed E-state index contributed by atoms with van der Waals surface area (Å²) in [4.78, 5) is 31.1. The van der Waals surface area contributed by atoms with Gasteiger partial charge in [0.15, 0.2) is 5.60 Å². The van der Waals surface area contributed by atoms with Crippen LogP contribution in [-0.4, -0.2) is 20.6 Å². The van der Waals surface area contributed by atoms with Gasteiger partial charge in [-0.15, -0.1) is 0 Å². The van der Waals surface area contributed by atoms with Gasteiger partial charge in [0.25, 0.3) is 5.56 Å². The Balaban J connectivity index is 1.40. The molecule has 188 valence electrons. The maximum absolute atomic E-state index is 13.6. The van der Waals surface area contributed by atoms with Gasteiger partial charge < -0.3 is 19.7 Å². The molecule has 4 heterocycles. The molecule has 5 aromatic rings. The SMILES string of the molecule is CC[C@@]1(O)C(=O)OCc2c1cc1n(c2=O)Cc2c-1nc1ccccc1c2CNc1cccc2ccccc12. The molecule has 7 rings (SSSR count). The van der Waals surface area contributed by atoms with Crippen molar-refractivity contribution in [3.63, 3.8) is 0 Å². The maximum Gasteiger partial charge on any atom is 0.343 e. The molecule has 3 aromatic carbocycles. The van der Waals surface area contributed by atoms with Gasteiger partial charge >= 0.3 is 5.97 Å². The number of nitrogens with zero attached hydrogens (tertiary/aromatic N) is 2. The van der Waals surface area contributed by atoms with Gasteiger partial charge in [-0.2, -0.15) is 0 Å². The molecule has 0 saturated carbocycles. The molecule has 7 heteroatoms. The Labute approximate surface area is 218 Å². The molecule has 0 saturated heterocycles. The topological polar surface area (TPSA) is 93.5 Å². The maximum atomic E-state index is 13.6. The first-order valence-electron chi connectivity index (χ1n) is 12.8. The van der Waals surface area contributed by atoms with E-state index >= 15 is 0 Å². The molecule has 7 nitrogen and oxygen atoms in total.